The number of piperidine rings is 1. The van der Waals surface area contributed by atoms with Crippen LogP contribution in [0.2, 0.25) is 0 Å². The van der Waals surface area contributed by atoms with Crippen molar-refractivity contribution in [2.45, 2.75) is 32.3 Å². The monoisotopic (exact) mass is 372 g/mol. The Morgan fingerprint density at radius 1 is 1.30 bits per heavy atom. The number of nitrogens with zero attached hydrogens (tertiary/aromatic N) is 2. The molecule has 2 heterocycles. The molecule has 0 unspecified atom stereocenters. The minimum Gasteiger partial charge on any atom is -0.481 e. The maximum Gasteiger partial charge on any atom is 0.312 e. The average molecular weight is 372 g/mol. The first-order valence-electron chi connectivity index (χ1n) is 9.11. The average Bonchev–Trinajstić information content (AvgIpc) is 2.65. The molecule has 7 nitrogen and oxygen atoms in total. The van der Waals surface area contributed by atoms with Gasteiger partial charge in [0.1, 0.15) is 5.56 Å². The lowest BCUT2D eigenvalue weighted by atomic mass is 9.72. The molecular weight excluding hydrogens is 348 g/mol. The third-order valence-electron chi connectivity index (χ3n) is 5.63. The first-order chi connectivity index (χ1) is 12.8. The summed E-state index contributed by atoms with van der Waals surface area (Å²) in [5.41, 5.74) is -0.885. The van der Waals surface area contributed by atoms with Gasteiger partial charge in [-0.1, -0.05) is 31.5 Å². The fourth-order valence-corrected chi connectivity index (χ4v) is 4.00. The van der Waals surface area contributed by atoms with Crippen LogP contribution in [0.25, 0.3) is 10.9 Å². The van der Waals surface area contributed by atoms with Crippen LogP contribution >= 0.6 is 0 Å². The highest BCUT2D eigenvalue weighted by Crippen LogP contribution is 2.37. The first-order valence-corrected chi connectivity index (χ1v) is 9.11. The molecule has 2 N–H and O–H groups in total. The molecule has 0 radical (unpaired) electrons. The van der Waals surface area contributed by atoms with Gasteiger partial charge in [-0.25, -0.2) is 0 Å². The molecule has 0 saturated carbocycles. The molecule has 1 fully saturated rings. The van der Waals surface area contributed by atoms with Gasteiger partial charge in [-0.05, 0) is 30.4 Å². The molecule has 2 atom stereocenters. The smallest absolute Gasteiger partial charge is 0.312 e. The van der Waals surface area contributed by atoms with Crippen LogP contribution in [0.5, 0.6) is 0 Å². The predicted molar refractivity (Wildman–Crippen MR) is 101 cm³/mol. The van der Waals surface area contributed by atoms with Crippen LogP contribution in [0.3, 0.4) is 0 Å². The SMILES string of the molecule is CCC[C@]1(C(=O)O)CCN(C(=O)c2cc3ccccc3n(C)c2=O)C[C@H]1O. The number of carboxylic acid groups (broad SMARTS) is 1. The summed E-state index contributed by atoms with van der Waals surface area (Å²) >= 11 is 0. The van der Waals surface area contributed by atoms with Crippen molar-refractivity contribution in [3.05, 3.63) is 46.2 Å². The molecule has 1 saturated heterocycles. The van der Waals surface area contributed by atoms with E-state index >= 15 is 0 Å². The van der Waals surface area contributed by atoms with E-state index in [4.69, 9.17) is 0 Å². The van der Waals surface area contributed by atoms with Crippen LogP contribution in [0.4, 0.5) is 0 Å². The molecule has 1 aliphatic heterocycles. The van der Waals surface area contributed by atoms with Gasteiger partial charge in [0.15, 0.2) is 0 Å². The summed E-state index contributed by atoms with van der Waals surface area (Å²) in [6.07, 6.45) is -0.0278. The number of aromatic nitrogens is 1. The van der Waals surface area contributed by atoms with Gasteiger partial charge in [-0.2, -0.15) is 0 Å². The van der Waals surface area contributed by atoms with Gasteiger partial charge in [0.2, 0.25) is 0 Å². The summed E-state index contributed by atoms with van der Waals surface area (Å²) in [6.45, 7) is 1.97. The first kappa shape index (κ1) is 19.1. The zero-order valence-corrected chi connectivity index (χ0v) is 15.5. The van der Waals surface area contributed by atoms with Crippen LogP contribution in [-0.2, 0) is 11.8 Å². The molecule has 0 bridgehead atoms. The van der Waals surface area contributed by atoms with E-state index in [2.05, 4.69) is 0 Å². The van der Waals surface area contributed by atoms with E-state index in [-0.39, 0.29) is 25.1 Å². The number of rotatable bonds is 4. The standard InChI is InChI=1S/C20H24N2O5/c1-3-8-20(19(26)27)9-10-22(12-16(20)23)18(25)14-11-13-6-4-5-7-15(13)21(2)17(14)24/h4-7,11,16,23H,3,8-10,12H2,1-2H3,(H,26,27)/t16-,20+/m1/s1. The molecule has 1 amide bonds. The third kappa shape index (κ3) is 3.12. The maximum absolute atomic E-state index is 13.0. The van der Waals surface area contributed by atoms with Crippen LogP contribution < -0.4 is 5.56 Å². The summed E-state index contributed by atoms with van der Waals surface area (Å²) in [6, 6.07) is 8.85. The van der Waals surface area contributed by atoms with E-state index in [1.165, 1.54) is 9.47 Å². The van der Waals surface area contributed by atoms with Gasteiger partial charge in [-0.3, -0.25) is 14.4 Å². The van der Waals surface area contributed by atoms with Crippen molar-refractivity contribution < 1.29 is 19.8 Å². The Labute approximate surface area is 156 Å². The number of likely N-dealkylation sites (tertiary alicyclic amines) is 1. The highest BCUT2D eigenvalue weighted by atomic mass is 16.4. The molecular formula is C20H24N2O5. The van der Waals surface area contributed by atoms with E-state index in [0.717, 1.165) is 10.9 Å². The summed E-state index contributed by atoms with van der Waals surface area (Å²) in [7, 11) is 1.61. The summed E-state index contributed by atoms with van der Waals surface area (Å²) < 4.78 is 1.43. The predicted octanol–water partition coefficient (Wildman–Crippen LogP) is 1.62. The Morgan fingerprint density at radius 3 is 2.63 bits per heavy atom. The minimum atomic E-state index is -1.24. The second-order valence-corrected chi connectivity index (χ2v) is 7.21. The molecule has 144 valence electrons. The van der Waals surface area contributed by atoms with Crippen molar-refractivity contribution in [3.63, 3.8) is 0 Å². The fourth-order valence-electron chi connectivity index (χ4n) is 4.00. The van der Waals surface area contributed by atoms with E-state index in [1.54, 1.807) is 13.1 Å². The Balaban J connectivity index is 1.92. The van der Waals surface area contributed by atoms with Crippen molar-refractivity contribution in [1.29, 1.82) is 0 Å². The normalized spacial score (nSPS) is 22.8. The number of β-amino-alcohol motifs (C(OH)–C–C–N with tert-alkyl or cyclic N) is 1. The topological polar surface area (TPSA) is 99.8 Å². The largest absolute Gasteiger partial charge is 0.481 e. The molecule has 3 rings (SSSR count). The molecule has 0 aliphatic carbocycles. The fraction of sp³-hybridized carbons (Fsp3) is 0.450. The number of para-hydroxylation sites is 1. The van der Waals surface area contributed by atoms with Crippen LogP contribution in [0.1, 0.15) is 36.5 Å². The number of carboxylic acids is 1. The highest BCUT2D eigenvalue weighted by molar-refractivity contribution is 5.97. The second-order valence-electron chi connectivity index (χ2n) is 7.21. The lowest BCUT2D eigenvalue weighted by Crippen LogP contribution is -2.56. The Morgan fingerprint density at radius 2 is 2.00 bits per heavy atom. The zero-order valence-electron chi connectivity index (χ0n) is 15.5. The van der Waals surface area contributed by atoms with Gasteiger partial charge in [0.05, 0.1) is 17.0 Å². The lowest BCUT2D eigenvalue weighted by molar-refractivity contribution is -0.162. The number of aliphatic carboxylic acids is 1. The number of benzene rings is 1. The summed E-state index contributed by atoms with van der Waals surface area (Å²) in [4.78, 5) is 38.7. The van der Waals surface area contributed by atoms with Crippen molar-refractivity contribution in [2.75, 3.05) is 13.1 Å². The molecule has 0 spiro atoms. The van der Waals surface area contributed by atoms with E-state index in [9.17, 15) is 24.6 Å². The Kier molecular flexibility index (Phi) is 5.06. The summed E-state index contributed by atoms with van der Waals surface area (Å²) in [5.74, 6) is -1.51. The number of pyridine rings is 1. The number of aliphatic hydroxyl groups is 1. The van der Waals surface area contributed by atoms with Gasteiger partial charge < -0.3 is 19.7 Å². The number of amides is 1. The van der Waals surface area contributed by atoms with Crippen molar-refractivity contribution in [3.8, 4) is 0 Å². The highest BCUT2D eigenvalue weighted by Gasteiger charge is 2.48. The second kappa shape index (κ2) is 7.15. The van der Waals surface area contributed by atoms with E-state index in [1.807, 2.05) is 31.2 Å². The number of fused-ring (bicyclic) bond motifs is 1. The van der Waals surface area contributed by atoms with E-state index in [0.29, 0.717) is 12.8 Å². The number of carbonyl (C=O) groups is 2. The number of hydrogen-bond donors (Lipinski definition) is 2. The zero-order chi connectivity index (χ0) is 19.8. The van der Waals surface area contributed by atoms with Gasteiger partial charge in [0.25, 0.3) is 11.5 Å². The maximum atomic E-state index is 13.0. The lowest BCUT2D eigenvalue weighted by Gasteiger charge is -2.42. The molecule has 7 heteroatoms. The van der Waals surface area contributed by atoms with Crippen LogP contribution in [0.15, 0.2) is 35.1 Å². The molecule has 1 aromatic carbocycles. The number of aliphatic hydroxyl groups excluding tert-OH is 1. The summed E-state index contributed by atoms with van der Waals surface area (Å²) in [5, 5.41) is 20.9. The Bertz CT molecular complexity index is 951. The van der Waals surface area contributed by atoms with E-state index < -0.39 is 29.0 Å². The Hall–Kier alpha value is -2.67. The van der Waals surface area contributed by atoms with Crippen molar-refractivity contribution in [2.24, 2.45) is 12.5 Å². The van der Waals surface area contributed by atoms with Gasteiger partial charge in [-0.15, -0.1) is 0 Å². The third-order valence-corrected chi connectivity index (χ3v) is 5.63. The molecule has 2 aromatic rings. The van der Waals surface area contributed by atoms with Crippen molar-refractivity contribution in [1.82, 2.24) is 9.47 Å². The quantitative estimate of drug-likeness (QED) is 0.849. The molecule has 27 heavy (non-hydrogen) atoms. The number of hydrogen-bond acceptors (Lipinski definition) is 4. The number of aryl methyl sites for hydroxylation is 1. The van der Waals surface area contributed by atoms with Crippen LogP contribution in [0, 0.1) is 5.41 Å². The van der Waals surface area contributed by atoms with Gasteiger partial charge in [0, 0.05) is 20.1 Å². The minimum absolute atomic E-state index is 0.0294. The van der Waals surface area contributed by atoms with Crippen LogP contribution in [-0.4, -0.2) is 50.8 Å². The molecule has 1 aromatic heterocycles. The number of carbonyl (C=O) groups excluding carboxylic acids is 1. The van der Waals surface area contributed by atoms with Crippen molar-refractivity contribution >= 4 is 22.8 Å². The molecule has 1 aliphatic rings. The van der Waals surface area contributed by atoms with Gasteiger partial charge >= 0.3 is 5.97 Å².